The number of alkyl halides is 3. The summed E-state index contributed by atoms with van der Waals surface area (Å²) < 4.78 is 36.6. The number of aliphatic carboxylic acids is 2. The van der Waals surface area contributed by atoms with E-state index in [1.807, 2.05) is 0 Å². The predicted molar refractivity (Wildman–Crippen MR) is 94.1 cm³/mol. The summed E-state index contributed by atoms with van der Waals surface area (Å²) >= 11 is 1.42. The molecule has 164 valence electrons. The fourth-order valence-corrected chi connectivity index (χ4v) is 3.80. The van der Waals surface area contributed by atoms with E-state index in [2.05, 4.69) is 15.3 Å². The molecule has 30 heavy (non-hydrogen) atoms. The number of carboxylic acids is 2. The molecule has 11 nitrogen and oxygen atoms in total. The quantitative estimate of drug-likeness (QED) is 0.368. The highest BCUT2D eigenvalue weighted by Crippen LogP contribution is 2.41. The van der Waals surface area contributed by atoms with Crippen LogP contribution >= 0.6 is 11.8 Å². The molecule has 2 aliphatic heterocycles. The van der Waals surface area contributed by atoms with Crippen molar-refractivity contribution in [2.45, 2.75) is 24.5 Å². The van der Waals surface area contributed by atoms with Gasteiger partial charge in [-0.2, -0.15) is 13.2 Å². The van der Waals surface area contributed by atoms with Gasteiger partial charge in [-0.15, -0.1) is 11.8 Å². The number of ether oxygens (including phenoxy) is 1. The topological polar surface area (TPSA) is 162 Å². The maximum absolute atomic E-state index is 12.3. The Hall–Kier alpha value is -3.23. The first-order valence-corrected chi connectivity index (χ1v) is 9.07. The Morgan fingerprint density at radius 1 is 1.40 bits per heavy atom. The highest BCUT2D eigenvalue weighted by molar-refractivity contribution is 8.00. The van der Waals surface area contributed by atoms with Crippen molar-refractivity contribution >= 4 is 41.5 Å². The van der Waals surface area contributed by atoms with Crippen molar-refractivity contribution in [2.24, 2.45) is 0 Å². The highest BCUT2D eigenvalue weighted by Gasteiger charge is 2.54. The molecular weight excluding hydrogens is 437 g/mol. The molecule has 2 atom stereocenters. The van der Waals surface area contributed by atoms with E-state index in [1.165, 1.54) is 23.6 Å². The third-order valence-electron chi connectivity index (χ3n) is 3.73. The van der Waals surface area contributed by atoms with Crippen molar-refractivity contribution < 1.29 is 47.3 Å². The minimum atomic E-state index is -5.08. The number of hydrogen-bond acceptors (Lipinski definition) is 8. The molecule has 3 heterocycles. The molecule has 0 aliphatic carbocycles. The van der Waals surface area contributed by atoms with Gasteiger partial charge in [-0.25, -0.2) is 14.6 Å². The van der Waals surface area contributed by atoms with Gasteiger partial charge < -0.3 is 25.3 Å². The van der Waals surface area contributed by atoms with Crippen LogP contribution in [0.1, 0.15) is 6.92 Å². The van der Waals surface area contributed by atoms with Crippen molar-refractivity contribution in [3.05, 3.63) is 23.7 Å². The molecule has 1 fully saturated rings. The van der Waals surface area contributed by atoms with Gasteiger partial charge in [0, 0.05) is 30.6 Å². The first-order valence-electron chi connectivity index (χ1n) is 8.02. The van der Waals surface area contributed by atoms with Crippen LogP contribution in [0.25, 0.3) is 0 Å². The zero-order valence-corrected chi connectivity index (χ0v) is 15.9. The van der Waals surface area contributed by atoms with Crippen molar-refractivity contribution in [1.82, 2.24) is 14.9 Å². The number of carboxylic acid groups (broad SMARTS) is 2. The molecule has 1 aromatic heterocycles. The number of halogens is 3. The predicted octanol–water partition coefficient (Wildman–Crippen LogP) is 0.640. The average molecular weight is 452 g/mol. The number of aromatic amines is 1. The van der Waals surface area contributed by atoms with Crippen molar-refractivity contribution in [3.63, 3.8) is 0 Å². The van der Waals surface area contributed by atoms with Gasteiger partial charge in [-0.3, -0.25) is 14.5 Å². The molecule has 1 unspecified atom stereocenters. The van der Waals surface area contributed by atoms with E-state index in [0.717, 1.165) is 0 Å². The van der Waals surface area contributed by atoms with Crippen molar-refractivity contribution in [3.8, 4) is 0 Å². The molecule has 0 saturated carbocycles. The number of aromatic nitrogens is 2. The van der Waals surface area contributed by atoms with Crippen LogP contribution in [0.15, 0.2) is 23.7 Å². The third-order valence-corrected chi connectivity index (χ3v) is 5.07. The van der Waals surface area contributed by atoms with Gasteiger partial charge in [-0.1, -0.05) is 0 Å². The molecule has 2 aliphatic rings. The molecule has 0 spiro atoms. The number of fused-ring (bicyclic) bond motifs is 1. The SMILES string of the molecule is CC(=O)OCC1=C(C(=O)O)N2C(=O)C(Nc3ncc[nH]3)[C@H]2SC1.O=C(O)C(F)(F)F. The summed E-state index contributed by atoms with van der Waals surface area (Å²) in [6.07, 6.45) is -1.91. The molecule has 3 rings (SSSR count). The van der Waals surface area contributed by atoms with E-state index in [4.69, 9.17) is 14.6 Å². The van der Waals surface area contributed by atoms with E-state index >= 15 is 0 Å². The Morgan fingerprint density at radius 2 is 2.03 bits per heavy atom. The van der Waals surface area contributed by atoms with Crippen LogP contribution in [0.2, 0.25) is 0 Å². The minimum absolute atomic E-state index is 0.0995. The number of hydrogen-bond donors (Lipinski definition) is 4. The number of carbonyl (C=O) groups is 4. The fraction of sp³-hybridized carbons (Fsp3) is 0.400. The zero-order chi connectivity index (χ0) is 22.6. The number of H-pyrrole nitrogens is 1. The summed E-state index contributed by atoms with van der Waals surface area (Å²) in [7, 11) is 0. The van der Waals surface area contributed by atoms with Gasteiger partial charge in [-0.05, 0) is 0 Å². The van der Waals surface area contributed by atoms with Gasteiger partial charge in [0.15, 0.2) is 0 Å². The molecule has 0 bridgehead atoms. The summed E-state index contributed by atoms with van der Waals surface area (Å²) in [5.41, 5.74) is 0.316. The second-order valence-corrected chi connectivity index (χ2v) is 6.92. The van der Waals surface area contributed by atoms with Crippen molar-refractivity contribution in [2.75, 3.05) is 17.7 Å². The Bertz CT molecular complexity index is 872. The number of nitrogens with zero attached hydrogens (tertiary/aromatic N) is 2. The monoisotopic (exact) mass is 452 g/mol. The summed E-state index contributed by atoms with van der Waals surface area (Å²) in [4.78, 5) is 51.7. The Balaban J connectivity index is 0.000000396. The Morgan fingerprint density at radius 3 is 2.50 bits per heavy atom. The van der Waals surface area contributed by atoms with Gasteiger partial charge >= 0.3 is 24.1 Å². The number of nitrogens with one attached hydrogen (secondary N) is 2. The van der Waals surface area contributed by atoms with Crippen LogP contribution in [0.4, 0.5) is 19.1 Å². The lowest BCUT2D eigenvalue weighted by Gasteiger charge is -2.49. The first-order chi connectivity index (χ1) is 13.9. The summed E-state index contributed by atoms with van der Waals surface area (Å²) in [6, 6.07) is -0.546. The molecule has 0 radical (unpaired) electrons. The van der Waals surface area contributed by atoms with Crippen LogP contribution in [-0.4, -0.2) is 78.8 Å². The molecule has 0 aromatic carbocycles. The van der Waals surface area contributed by atoms with E-state index < -0.39 is 30.1 Å². The van der Waals surface area contributed by atoms with Crippen LogP contribution in [-0.2, 0) is 23.9 Å². The van der Waals surface area contributed by atoms with Crippen molar-refractivity contribution in [1.29, 1.82) is 0 Å². The molecular formula is C15H15F3N4O7S. The lowest BCUT2D eigenvalue weighted by Crippen LogP contribution is -2.67. The molecule has 15 heteroatoms. The number of β-lactam (4-membered cyclic amide) rings is 1. The van der Waals surface area contributed by atoms with E-state index in [1.54, 1.807) is 12.4 Å². The number of esters is 1. The molecule has 1 saturated heterocycles. The number of carbonyl (C=O) groups excluding carboxylic acids is 2. The second kappa shape index (κ2) is 9.06. The molecule has 1 amide bonds. The summed E-state index contributed by atoms with van der Waals surface area (Å²) in [6.45, 7) is 1.12. The molecule has 4 N–H and O–H groups in total. The van der Waals surface area contributed by atoms with E-state index in [-0.39, 0.29) is 23.6 Å². The Kier molecular flexibility index (Phi) is 6.96. The van der Waals surface area contributed by atoms with Crippen LogP contribution in [0, 0.1) is 0 Å². The largest absolute Gasteiger partial charge is 0.490 e. The lowest BCUT2D eigenvalue weighted by molar-refractivity contribution is -0.192. The zero-order valence-electron chi connectivity index (χ0n) is 15.1. The summed E-state index contributed by atoms with van der Waals surface area (Å²) in [5.74, 6) is -3.98. The van der Waals surface area contributed by atoms with E-state index in [9.17, 15) is 32.7 Å². The lowest BCUT2D eigenvalue weighted by atomic mass is 10.0. The maximum Gasteiger partial charge on any atom is 0.490 e. The second-order valence-electron chi connectivity index (χ2n) is 5.81. The third kappa shape index (κ3) is 5.22. The van der Waals surface area contributed by atoms with Crippen LogP contribution in [0.5, 0.6) is 0 Å². The van der Waals surface area contributed by atoms with Gasteiger partial charge in [0.05, 0.1) is 0 Å². The fourth-order valence-electron chi connectivity index (χ4n) is 2.47. The summed E-state index contributed by atoms with van der Waals surface area (Å²) in [5, 5.41) is 19.2. The number of imidazole rings is 1. The standard InChI is InChI=1S/C13H14N4O5S.C2HF3O2/c1-6(18)22-4-7-5-23-11-8(16-13-14-2-3-15-13)10(19)17(11)9(7)12(20)21;3-2(4,5)1(6)7/h2-3,8,11H,4-5H2,1H3,(H,20,21)(H2,14,15,16);(H,6,7)/t8?,11-;/m1./s1. The number of amides is 1. The smallest absolute Gasteiger partial charge is 0.477 e. The minimum Gasteiger partial charge on any atom is -0.477 e. The van der Waals surface area contributed by atoms with Gasteiger partial charge in [0.1, 0.15) is 23.7 Å². The number of thioether (sulfide) groups is 1. The van der Waals surface area contributed by atoms with Gasteiger partial charge in [0.2, 0.25) is 5.95 Å². The number of anilines is 1. The average Bonchev–Trinajstić information content (AvgIpc) is 3.16. The van der Waals surface area contributed by atoms with Crippen LogP contribution < -0.4 is 5.32 Å². The van der Waals surface area contributed by atoms with Crippen LogP contribution in [0.3, 0.4) is 0 Å². The molecule has 1 aromatic rings. The highest BCUT2D eigenvalue weighted by atomic mass is 32.2. The van der Waals surface area contributed by atoms with E-state index in [0.29, 0.717) is 17.3 Å². The maximum atomic E-state index is 12.3. The Labute approximate surface area is 170 Å². The normalized spacial score (nSPS) is 20.4. The van der Waals surface area contributed by atoms with Gasteiger partial charge in [0.25, 0.3) is 5.91 Å². The first kappa shape index (κ1) is 23.1. The number of rotatable bonds is 5.